The highest BCUT2D eigenvalue weighted by Gasteiger charge is 2.13. The van der Waals surface area contributed by atoms with Crippen molar-refractivity contribution in [3.8, 4) is 0 Å². The van der Waals surface area contributed by atoms with Gasteiger partial charge in [-0.2, -0.15) is 0 Å². The quantitative estimate of drug-likeness (QED) is 0.599. The van der Waals surface area contributed by atoms with Gasteiger partial charge < -0.3 is 15.6 Å². The molecule has 0 aliphatic heterocycles. The third kappa shape index (κ3) is 6.44. The molecule has 0 saturated heterocycles. The zero-order valence-corrected chi connectivity index (χ0v) is 9.92. The van der Waals surface area contributed by atoms with E-state index >= 15 is 0 Å². The van der Waals surface area contributed by atoms with Gasteiger partial charge in [-0.15, -0.1) is 0 Å². The van der Waals surface area contributed by atoms with Gasteiger partial charge in [0.15, 0.2) is 0 Å². The number of ether oxygens (including phenoxy) is 1. The first-order valence-electron chi connectivity index (χ1n) is 5.15. The van der Waals surface area contributed by atoms with Crippen LogP contribution in [0.3, 0.4) is 0 Å². The normalized spacial score (nSPS) is 10.8. The summed E-state index contributed by atoms with van der Waals surface area (Å²) in [7, 11) is 1.50. The van der Waals surface area contributed by atoms with Gasteiger partial charge in [0.1, 0.15) is 0 Å². The van der Waals surface area contributed by atoms with Crippen LogP contribution in [0, 0.1) is 0 Å². The highest BCUT2D eigenvalue weighted by Crippen LogP contribution is 2.03. The lowest BCUT2D eigenvalue weighted by molar-refractivity contribution is -0.139. The molecule has 1 unspecified atom stereocenters. The van der Waals surface area contributed by atoms with Gasteiger partial charge in [-0.25, -0.2) is 4.79 Å². The molecule has 0 saturated carbocycles. The lowest BCUT2D eigenvalue weighted by Gasteiger charge is -2.04. The maximum Gasteiger partial charge on any atom is 0.345 e. The Morgan fingerprint density at radius 1 is 1.29 bits per heavy atom. The Hall–Kier alpha value is -1.72. The minimum absolute atomic E-state index is 0.182. The van der Waals surface area contributed by atoms with E-state index in [9.17, 15) is 9.59 Å². The fraction of sp³-hybridized carbons (Fsp3) is 0.333. The van der Waals surface area contributed by atoms with Crippen LogP contribution in [0.2, 0.25) is 0 Å². The van der Waals surface area contributed by atoms with Crippen LogP contribution in [-0.2, 0) is 9.53 Å². The first-order chi connectivity index (χ1) is 8.09. The van der Waals surface area contributed by atoms with Crippen molar-refractivity contribution in [2.45, 2.75) is 19.4 Å². The van der Waals surface area contributed by atoms with Crippen LogP contribution in [0.15, 0.2) is 30.3 Å². The summed E-state index contributed by atoms with van der Waals surface area (Å²) in [6.45, 7) is 1.45. The van der Waals surface area contributed by atoms with Gasteiger partial charge in [0.2, 0.25) is 0 Å². The number of hydrogen-bond acceptors (Lipinski definition) is 5. The van der Waals surface area contributed by atoms with E-state index < -0.39 is 18.0 Å². The van der Waals surface area contributed by atoms with Gasteiger partial charge in [-0.05, 0) is 26.1 Å². The molecule has 0 aromatic heterocycles. The predicted molar refractivity (Wildman–Crippen MR) is 63.3 cm³/mol. The van der Waals surface area contributed by atoms with E-state index in [1.54, 1.807) is 30.3 Å². The molecule has 0 aliphatic rings. The lowest BCUT2D eigenvalue weighted by atomic mass is 10.2. The van der Waals surface area contributed by atoms with Gasteiger partial charge in [-0.3, -0.25) is 4.79 Å². The Morgan fingerprint density at radius 2 is 1.82 bits per heavy atom. The second kappa shape index (κ2) is 8.43. The molecule has 0 radical (unpaired) electrons. The van der Waals surface area contributed by atoms with Crippen LogP contribution in [0.25, 0.3) is 0 Å². The Kier molecular flexibility index (Phi) is 7.58. The third-order valence-electron chi connectivity index (χ3n) is 1.68. The van der Waals surface area contributed by atoms with Gasteiger partial charge in [-0.1, -0.05) is 18.2 Å². The Balaban J connectivity index is 0.00000121. The standard InChI is InChI=1S/C11H12O4.CH5N/c1-8(12)7-10(13)15-11(14)9-5-3-2-4-6-9;1-2/h2-6,8,12H,7H2,1H3;2H2,1H3. The van der Waals surface area contributed by atoms with E-state index in [2.05, 4.69) is 10.5 Å². The topological polar surface area (TPSA) is 89.6 Å². The number of nitrogens with two attached hydrogens (primary N) is 1. The van der Waals surface area contributed by atoms with E-state index in [1.807, 2.05) is 0 Å². The molecule has 0 spiro atoms. The summed E-state index contributed by atoms with van der Waals surface area (Å²) in [5.41, 5.74) is 4.82. The lowest BCUT2D eigenvalue weighted by Crippen LogP contribution is -2.16. The number of carbonyl (C=O) groups is 2. The number of rotatable bonds is 3. The summed E-state index contributed by atoms with van der Waals surface area (Å²) in [4.78, 5) is 22.3. The monoisotopic (exact) mass is 239 g/mol. The molecule has 5 heteroatoms. The molecule has 0 amide bonds. The molecule has 1 aromatic carbocycles. The molecular weight excluding hydrogens is 222 g/mol. The minimum atomic E-state index is -0.805. The van der Waals surface area contributed by atoms with Crippen molar-refractivity contribution in [2.75, 3.05) is 7.05 Å². The molecule has 94 valence electrons. The van der Waals surface area contributed by atoms with E-state index in [4.69, 9.17) is 5.11 Å². The van der Waals surface area contributed by atoms with Crippen LogP contribution < -0.4 is 5.73 Å². The molecule has 5 nitrogen and oxygen atoms in total. The molecule has 3 N–H and O–H groups in total. The SMILES string of the molecule is CC(O)CC(=O)OC(=O)c1ccccc1.CN. The molecule has 17 heavy (non-hydrogen) atoms. The van der Waals surface area contributed by atoms with Crippen molar-refractivity contribution in [3.05, 3.63) is 35.9 Å². The molecule has 1 rings (SSSR count). The van der Waals surface area contributed by atoms with Crippen LogP contribution in [-0.4, -0.2) is 30.2 Å². The molecule has 0 bridgehead atoms. The highest BCUT2D eigenvalue weighted by molar-refractivity contribution is 5.96. The van der Waals surface area contributed by atoms with Crippen molar-refractivity contribution >= 4 is 11.9 Å². The smallest absolute Gasteiger partial charge is 0.345 e. The van der Waals surface area contributed by atoms with Crippen LogP contribution in [0.5, 0.6) is 0 Å². The number of carbonyl (C=O) groups excluding carboxylic acids is 2. The third-order valence-corrected chi connectivity index (χ3v) is 1.68. The summed E-state index contributed by atoms with van der Waals surface area (Å²) in [6, 6.07) is 8.22. The maximum atomic E-state index is 11.3. The maximum absolute atomic E-state index is 11.3. The first kappa shape index (κ1) is 15.3. The largest absolute Gasteiger partial charge is 0.393 e. The average Bonchev–Trinajstić information content (AvgIpc) is 2.31. The number of hydrogen-bond donors (Lipinski definition) is 2. The van der Waals surface area contributed by atoms with Crippen molar-refractivity contribution in [1.29, 1.82) is 0 Å². The molecule has 1 atom stereocenters. The van der Waals surface area contributed by atoms with E-state index in [1.165, 1.54) is 14.0 Å². The van der Waals surface area contributed by atoms with Crippen molar-refractivity contribution in [1.82, 2.24) is 0 Å². The number of aliphatic hydroxyl groups excluding tert-OH is 1. The minimum Gasteiger partial charge on any atom is -0.393 e. The summed E-state index contributed by atoms with van der Waals surface area (Å²) in [5, 5.41) is 8.89. The van der Waals surface area contributed by atoms with E-state index in [0.717, 1.165) is 0 Å². The van der Waals surface area contributed by atoms with Crippen LogP contribution in [0.4, 0.5) is 0 Å². The first-order valence-corrected chi connectivity index (χ1v) is 5.15. The van der Waals surface area contributed by atoms with Crippen molar-refractivity contribution in [2.24, 2.45) is 5.73 Å². The number of benzene rings is 1. The van der Waals surface area contributed by atoms with Crippen LogP contribution in [0.1, 0.15) is 23.7 Å². The Labute approximate surface area is 100 Å². The van der Waals surface area contributed by atoms with Crippen molar-refractivity contribution < 1.29 is 19.4 Å². The van der Waals surface area contributed by atoms with Gasteiger partial charge in [0.25, 0.3) is 0 Å². The van der Waals surface area contributed by atoms with Gasteiger partial charge >= 0.3 is 11.9 Å². The molecule has 0 fully saturated rings. The fourth-order valence-electron chi connectivity index (χ4n) is 1.02. The van der Waals surface area contributed by atoms with Gasteiger partial charge in [0, 0.05) is 0 Å². The predicted octanol–water partition coefficient (Wildman–Crippen LogP) is 0.716. The molecule has 1 aromatic rings. The van der Waals surface area contributed by atoms with Crippen molar-refractivity contribution in [3.63, 3.8) is 0 Å². The summed E-state index contributed by atoms with van der Waals surface area (Å²) in [5.74, 6) is -1.42. The zero-order valence-electron chi connectivity index (χ0n) is 9.92. The number of esters is 2. The molecular formula is C12H17NO4. The molecule has 0 aliphatic carbocycles. The van der Waals surface area contributed by atoms with E-state index in [0.29, 0.717) is 5.56 Å². The second-order valence-electron chi connectivity index (χ2n) is 3.18. The second-order valence-corrected chi connectivity index (χ2v) is 3.18. The van der Waals surface area contributed by atoms with Crippen LogP contribution >= 0.6 is 0 Å². The summed E-state index contributed by atoms with van der Waals surface area (Å²) in [6.07, 6.45) is -0.987. The van der Waals surface area contributed by atoms with E-state index in [-0.39, 0.29) is 6.42 Å². The Morgan fingerprint density at radius 3 is 2.29 bits per heavy atom. The summed E-state index contributed by atoms with van der Waals surface area (Å²) >= 11 is 0. The fourth-order valence-corrected chi connectivity index (χ4v) is 1.02. The highest BCUT2D eigenvalue weighted by atomic mass is 16.6. The molecule has 0 heterocycles. The number of aliphatic hydroxyl groups is 1. The Bertz CT molecular complexity index is 349. The average molecular weight is 239 g/mol. The zero-order chi connectivity index (χ0) is 13.3. The summed E-state index contributed by atoms with van der Waals surface area (Å²) < 4.78 is 4.51. The van der Waals surface area contributed by atoms with Gasteiger partial charge in [0.05, 0.1) is 18.1 Å².